The van der Waals surface area contributed by atoms with E-state index < -0.39 is 0 Å². The highest BCUT2D eigenvalue weighted by molar-refractivity contribution is 9.10. The molecule has 3 amide bonds. The van der Waals surface area contributed by atoms with Crippen LogP contribution in [0.3, 0.4) is 0 Å². The average Bonchev–Trinajstić information content (AvgIpc) is 3.01. The summed E-state index contributed by atoms with van der Waals surface area (Å²) in [6, 6.07) is 16.1. The maximum absolute atomic E-state index is 13.6. The third-order valence-corrected chi connectivity index (χ3v) is 9.43. The second-order valence-corrected chi connectivity index (χ2v) is 12.3. The molecule has 1 aromatic heterocycles. The van der Waals surface area contributed by atoms with E-state index in [0.29, 0.717) is 66.3 Å². The molecule has 43 heavy (non-hydrogen) atoms. The molecule has 2 atom stereocenters. The number of rotatable bonds is 5. The minimum absolute atomic E-state index is 0.00366. The van der Waals surface area contributed by atoms with E-state index in [1.807, 2.05) is 28.8 Å². The van der Waals surface area contributed by atoms with E-state index in [2.05, 4.69) is 26.1 Å². The van der Waals surface area contributed by atoms with Crippen LogP contribution in [0.15, 0.2) is 63.9 Å². The van der Waals surface area contributed by atoms with Crippen molar-refractivity contribution in [3.63, 3.8) is 0 Å². The lowest BCUT2D eigenvalue weighted by Gasteiger charge is -2.44. The number of aromatic nitrogens is 1. The molecular formula is C32H34BrN5O5. The van der Waals surface area contributed by atoms with Crippen LogP contribution in [0, 0.1) is 5.92 Å². The number of benzene rings is 2. The van der Waals surface area contributed by atoms with Gasteiger partial charge in [0.1, 0.15) is 5.75 Å². The lowest BCUT2D eigenvalue weighted by Crippen LogP contribution is -2.50. The first-order chi connectivity index (χ1) is 20.7. The number of hydrogen-bond donors (Lipinski definition) is 1. The van der Waals surface area contributed by atoms with Gasteiger partial charge in [0.25, 0.3) is 17.4 Å². The predicted octanol–water partition coefficient (Wildman–Crippen LogP) is 3.80. The highest BCUT2D eigenvalue weighted by atomic mass is 79.9. The van der Waals surface area contributed by atoms with E-state index in [9.17, 15) is 19.2 Å². The zero-order valence-corrected chi connectivity index (χ0v) is 25.8. The zero-order chi connectivity index (χ0) is 30.2. The predicted molar refractivity (Wildman–Crippen MR) is 167 cm³/mol. The molecule has 11 heteroatoms. The number of carbonyl (C=O) groups excluding carboxylic acids is 3. The van der Waals surface area contributed by atoms with E-state index >= 15 is 0 Å². The molecule has 1 N–H and O–H groups in total. The van der Waals surface area contributed by atoms with Gasteiger partial charge in [-0.25, -0.2) is 0 Å². The largest absolute Gasteiger partial charge is 0.497 e. The van der Waals surface area contributed by atoms with E-state index in [-0.39, 0.29) is 35.1 Å². The van der Waals surface area contributed by atoms with Gasteiger partial charge >= 0.3 is 0 Å². The minimum Gasteiger partial charge on any atom is -0.497 e. The van der Waals surface area contributed by atoms with Crippen molar-refractivity contribution in [2.75, 3.05) is 56.6 Å². The Bertz CT molecular complexity index is 1650. The summed E-state index contributed by atoms with van der Waals surface area (Å²) in [5, 5.41) is 3.09. The molecular weight excluding hydrogens is 614 g/mol. The molecule has 0 saturated carbocycles. The van der Waals surface area contributed by atoms with E-state index in [4.69, 9.17) is 4.74 Å². The second-order valence-electron chi connectivity index (χ2n) is 11.4. The van der Waals surface area contributed by atoms with Crippen LogP contribution in [0.25, 0.3) is 0 Å². The van der Waals surface area contributed by atoms with E-state index in [0.717, 1.165) is 24.3 Å². The molecule has 2 bridgehead atoms. The summed E-state index contributed by atoms with van der Waals surface area (Å²) in [6.07, 6.45) is 1.00. The quantitative estimate of drug-likeness (QED) is 0.452. The van der Waals surface area contributed by atoms with Crippen LogP contribution >= 0.6 is 15.9 Å². The first-order valence-electron chi connectivity index (χ1n) is 14.5. The van der Waals surface area contributed by atoms with Gasteiger partial charge in [-0.05, 0) is 70.7 Å². The molecule has 0 spiro atoms. The fourth-order valence-corrected chi connectivity index (χ4v) is 6.97. The number of fused-ring (bicyclic) bond motifs is 4. The number of nitrogens with one attached hydrogen (secondary N) is 1. The smallest absolute Gasteiger partial charge is 0.257 e. The van der Waals surface area contributed by atoms with E-state index in [1.165, 1.54) is 6.92 Å². The second kappa shape index (κ2) is 11.9. The number of ether oxygens (including phenoxy) is 1. The normalized spacial score (nSPS) is 19.5. The van der Waals surface area contributed by atoms with E-state index in [1.54, 1.807) is 47.2 Å². The molecule has 3 aromatic rings. The number of hydrogen-bond acceptors (Lipinski definition) is 6. The van der Waals surface area contributed by atoms with Gasteiger partial charge < -0.3 is 29.3 Å². The molecule has 10 nitrogen and oxygen atoms in total. The number of halogens is 1. The Morgan fingerprint density at radius 3 is 2.44 bits per heavy atom. The molecule has 3 aliphatic heterocycles. The van der Waals surface area contributed by atoms with Gasteiger partial charge in [-0.15, -0.1) is 0 Å². The average molecular weight is 649 g/mol. The van der Waals surface area contributed by atoms with Gasteiger partial charge in [0, 0.05) is 80.5 Å². The number of piperazine rings is 1. The van der Waals surface area contributed by atoms with Crippen LogP contribution in [0.4, 0.5) is 11.4 Å². The molecule has 2 fully saturated rings. The molecule has 224 valence electrons. The van der Waals surface area contributed by atoms with Crippen molar-refractivity contribution in [1.29, 1.82) is 0 Å². The zero-order valence-electron chi connectivity index (χ0n) is 24.2. The summed E-state index contributed by atoms with van der Waals surface area (Å²) >= 11 is 3.48. The summed E-state index contributed by atoms with van der Waals surface area (Å²) in [4.78, 5) is 57.3. The van der Waals surface area contributed by atoms with Gasteiger partial charge in [-0.3, -0.25) is 19.2 Å². The third-order valence-electron chi connectivity index (χ3n) is 8.74. The summed E-state index contributed by atoms with van der Waals surface area (Å²) in [7, 11) is 1.55. The van der Waals surface area contributed by atoms with Crippen molar-refractivity contribution in [3.8, 4) is 5.75 Å². The van der Waals surface area contributed by atoms with Gasteiger partial charge in [-0.2, -0.15) is 0 Å². The van der Waals surface area contributed by atoms with Crippen molar-refractivity contribution in [1.82, 2.24) is 14.4 Å². The number of pyridine rings is 1. The molecule has 3 aliphatic rings. The summed E-state index contributed by atoms with van der Waals surface area (Å²) < 4.78 is 7.86. The first kappa shape index (κ1) is 29.0. The Kier molecular flexibility index (Phi) is 8.00. The van der Waals surface area contributed by atoms with Gasteiger partial charge in [0.15, 0.2) is 0 Å². The number of methoxy groups -OCH3 is 1. The molecule has 4 heterocycles. The first-order valence-corrected chi connectivity index (χ1v) is 15.3. The van der Waals surface area contributed by atoms with Crippen molar-refractivity contribution < 1.29 is 19.1 Å². The highest BCUT2D eigenvalue weighted by Crippen LogP contribution is 2.39. The topological polar surface area (TPSA) is 104 Å². The SMILES string of the molecule is COc1ccc(Br)c(C(=O)Nc2cc(C(=O)N3CCN(C(C)=O)CC3)ccc2N2C[C@H]3C[C@@H](C2)c2cccc(=O)n2C3)c1. The maximum Gasteiger partial charge on any atom is 0.257 e. The number of piperidine rings is 1. The maximum atomic E-state index is 13.6. The Labute approximate surface area is 258 Å². The van der Waals surface area contributed by atoms with Crippen molar-refractivity contribution in [2.45, 2.75) is 25.8 Å². The fraction of sp³-hybridized carbons (Fsp3) is 0.375. The molecule has 6 rings (SSSR count). The number of anilines is 2. The lowest BCUT2D eigenvalue weighted by atomic mass is 9.83. The van der Waals surface area contributed by atoms with Crippen molar-refractivity contribution in [3.05, 3.63) is 86.2 Å². The minimum atomic E-state index is -0.333. The number of carbonyl (C=O) groups is 3. The van der Waals surface area contributed by atoms with Crippen LogP contribution in [-0.4, -0.2) is 78.5 Å². The fourth-order valence-electron chi connectivity index (χ4n) is 6.54. The Balaban J connectivity index is 1.32. The van der Waals surface area contributed by atoms with Crippen LogP contribution in [-0.2, 0) is 11.3 Å². The van der Waals surface area contributed by atoms with Crippen LogP contribution < -0.4 is 20.5 Å². The summed E-state index contributed by atoms with van der Waals surface area (Å²) in [6.45, 7) is 5.50. The standard InChI is InChI=1S/C32H34BrN5O5/c1-20(39)35-10-12-36(13-11-35)32(42)22-6-9-29(27(15-22)34-31(41)25-16-24(43-2)7-8-26(25)33)37-17-21-14-23(19-37)28-4-3-5-30(40)38(28)18-21/h3-9,15-16,21,23H,10-14,17-19H2,1-2H3,(H,34,41)/t21-,23+/m1/s1. The Morgan fingerprint density at radius 2 is 1.70 bits per heavy atom. The molecule has 2 saturated heterocycles. The number of nitrogens with zero attached hydrogens (tertiary/aromatic N) is 4. The van der Waals surface area contributed by atoms with Gasteiger partial charge in [0.05, 0.1) is 24.0 Å². The van der Waals surface area contributed by atoms with Gasteiger partial charge in [0.2, 0.25) is 5.91 Å². The number of amides is 3. The van der Waals surface area contributed by atoms with Crippen molar-refractivity contribution in [2.24, 2.45) is 5.92 Å². The highest BCUT2D eigenvalue weighted by Gasteiger charge is 2.35. The van der Waals surface area contributed by atoms with Crippen LogP contribution in [0.2, 0.25) is 0 Å². The lowest BCUT2D eigenvalue weighted by molar-refractivity contribution is -0.130. The van der Waals surface area contributed by atoms with Crippen LogP contribution in [0.1, 0.15) is 45.7 Å². The molecule has 0 unspecified atom stereocenters. The molecule has 0 aliphatic carbocycles. The van der Waals surface area contributed by atoms with Crippen molar-refractivity contribution >= 4 is 45.0 Å². The molecule has 0 radical (unpaired) electrons. The Hall–Kier alpha value is -4.12. The monoisotopic (exact) mass is 647 g/mol. The Morgan fingerprint density at radius 1 is 0.930 bits per heavy atom. The third kappa shape index (κ3) is 5.78. The summed E-state index contributed by atoms with van der Waals surface area (Å²) in [5.74, 6) is 0.541. The summed E-state index contributed by atoms with van der Waals surface area (Å²) in [5.41, 5.74) is 3.31. The van der Waals surface area contributed by atoms with Crippen LogP contribution in [0.5, 0.6) is 5.75 Å². The van der Waals surface area contributed by atoms with Gasteiger partial charge in [-0.1, -0.05) is 6.07 Å². The molecule has 2 aromatic carbocycles.